The molecule has 4 nitrogen and oxygen atoms in total. The Morgan fingerprint density at radius 2 is 2.05 bits per heavy atom. The minimum atomic E-state index is -0.342. The number of carbonyl (C=O) groups is 2. The molecule has 0 unspecified atom stereocenters. The van der Waals surface area contributed by atoms with Crippen molar-refractivity contribution in [2.75, 3.05) is 5.32 Å². The Labute approximate surface area is 135 Å². The van der Waals surface area contributed by atoms with Crippen LogP contribution in [0, 0.1) is 0 Å². The number of hydrogen-bond acceptors (Lipinski definition) is 4. The predicted molar refractivity (Wildman–Crippen MR) is 86.2 cm³/mol. The lowest BCUT2D eigenvalue weighted by Crippen LogP contribution is -2.07. The monoisotopic (exact) mass is 340 g/mol. The van der Waals surface area contributed by atoms with E-state index in [0.717, 1.165) is 5.56 Å². The van der Waals surface area contributed by atoms with E-state index in [2.05, 4.69) is 10.3 Å². The van der Waals surface area contributed by atoms with Gasteiger partial charge in [0, 0.05) is 18.4 Å². The number of aromatic nitrogens is 1. The molecule has 0 bridgehead atoms. The molecule has 108 valence electrons. The summed E-state index contributed by atoms with van der Waals surface area (Å²) in [5.41, 5.74) is 1.09. The average molecular weight is 341 g/mol. The second kappa shape index (κ2) is 6.85. The van der Waals surface area contributed by atoms with Crippen molar-refractivity contribution < 1.29 is 9.59 Å². The van der Waals surface area contributed by atoms with E-state index in [1.807, 2.05) is 0 Å². The SMILES string of the molecule is CC(=O)c1csc(NC(=O)/C=C/c2ccc(Cl)c(Cl)c2)n1. The van der Waals surface area contributed by atoms with Gasteiger partial charge in [0.2, 0.25) is 5.91 Å². The standard InChI is InChI=1S/C14H10Cl2N2O2S/c1-8(19)12-7-21-14(17-12)18-13(20)5-3-9-2-4-10(15)11(16)6-9/h2-7H,1H3,(H,17,18,20)/b5-3+. The molecule has 0 aliphatic rings. The van der Waals surface area contributed by atoms with E-state index in [1.165, 1.54) is 24.3 Å². The van der Waals surface area contributed by atoms with E-state index in [4.69, 9.17) is 23.2 Å². The number of amides is 1. The van der Waals surface area contributed by atoms with Crippen molar-refractivity contribution in [1.82, 2.24) is 4.98 Å². The van der Waals surface area contributed by atoms with Gasteiger partial charge in [-0.3, -0.25) is 14.9 Å². The zero-order chi connectivity index (χ0) is 15.4. The first-order valence-electron chi connectivity index (χ1n) is 5.86. The Balaban J connectivity index is 2.01. The summed E-state index contributed by atoms with van der Waals surface area (Å²) in [5.74, 6) is -0.483. The summed E-state index contributed by atoms with van der Waals surface area (Å²) in [4.78, 5) is 26.8. The Kier molecular flexibility index (Phi) is 5.12. The van der Waals surface area contributed by atoms with E-state index in [0.29, 0.717) is 20.9 Å². The topological polar surface area (TPSA) is 59.1 Å². The zero-order valence-electron chi connectivity index (χ0n) is 10.9. The fourth-order valence-corrected chi connectivity index (χ4v) is 2.49. The number of benzene rings is 1. The number of halogens is 2. The Morgan fingerprint density at radius 1 is 1.29 bits per heavy atom. The van der Waals surface area contributed by atoms with Gasteiger partial charge < -0.3 is 0 Å². The first-order chi connectivity index (χ1) is 9.95. The predicted octanol–water partition coefficient (Wildman–Crippen LogP) is 4.30. The van der Waals surface area contributed by atoms with E-state index >= 15 is 0 Å². The van der Waals surface area contributed by atoms with Crippen LogP contribution in [0.25, 0.3) is 6.08 Å². The molecule has 2 aromatic rings. The van der Waals surface area contributed by atoms with Crippen LogP contribution >= 0.6 is 34.5 Å². The Hall–Kier alpha value is -1.69. The van der Waals surface area contributed by atoms with Crippen LogP contribution in [0.5, 0.6) is 0 Å². The summed E-state index contributed by atoms with van der Waals surface area (Å²) in [6.07, 6.45) is 2.96. The van der Waals surface area contributed by atoms with Gasteiger partial charge in [-0.15, -0.1) is 11.3 Å². The molecule has 1 aromatic carbocycles. The highest BCUT2D eigenvalue weighted by Gasteiger charge is 2.07. The third kappa shape index (κ3) is 4.39. The van der Waals surface area contributed by atoms with Gasteiger partial charge in [0.05, 0.1) is 10.0 Å². The number of hydrogen-bond donors (Lipinski definition) is 1. The van der Waals surface area contributed by atoms with Gasteiger partial charge >= 0.3 is 0 Å². The molecule has 0 saturated heterocycles. The molecule has 0 aliphatic carbocycles. The highest BCUT2D eigenvalue weighted by Crippen LogP contribution is 2.23. The maximum absolute atomic E-state index is 11.7. The third-order valence-electron chi connectivity index (χ3n) is 2.47. The van der Waals surface area contributed by atoms with Gasteiger partial charge in [0.15, 0.2) is 10.9 Å². The number of ketones is 1. The third-order valence-corrected chi connectivity index (χ3v) is 3.96. The number of anilines is 1. The molecule has 0 spiro atoms. The molecule has 1 amide bonds. The van der Waals surface area contributed by atoms with Crippen molar-refractivity contribution in [3.63, 3.8) is 0 Å². The van der Waals surface area contributed by atoms with Crippen LogP contribution in [0.2, 0.25) is 10.0 Å². The van der Waals surface area contributed by atoms with Gasteiger partial charge in [0.25, 0.3) is 0 Å². The van der Waals surface area contributed by atoms with E-state index in [1.54, 1.807) is 29.7 Å². The summed E-state index contributed by atoms with van der Waals surface area (Å²) in [5, 5.41) is 5.44. The Morgan fingerprint density at radius 3 is 2.67 bits per heavy atom. The molecule has 2 rings (SSSR count). The van der Waals surface area contributed by atoms with E-state index in [9.17, 15) is 9.59 Å². The van der Waals surface area contributed by atoms with Crippen molar-refractivity contribution in [1.29, 1.82) is 0 Å². The molecule has 21 heavy (non-hydrogen) atoms. The smallest absolute Gasteiger partial charge is 0.250 e. The highest BCUT2D eigenvalue weighted by molar-refractivity contribution is 7.14. The van der Waals surface area contributed by atoms with Crippen molar-refractivity contribution >= 4 is 57.4 Å². The van der Waals surface area contributed by atoms with Crippen LogP contribution in [0.15, 0.2) is 29.7 Å². The summed E-state index contributed by atoms with van der Waals surface area (Å²) < 4.78 is 0. The van der Waals surface area contributed by atoms with Crippen LogP contribution in [0.4, 0.5) is 5.13 Å². The lowest BCUT2D eigenvalue weighted by atomic mass is 10.2. The summed E-state index contributed by atoms with van der Waals surface area (Å²) in [7, 11) is 0. The molecule has 0 atom stereocenters. The normalized spacial score (nSPS) is 10.8. The van der Waals surface area contributed by atoms with Gasteiger partial charge in [-0.05, 0) is 23.8 Å². The molecule has 1 heterocycles. The highest BCUT2D eigenvalue weighted by atomic mass is 35.5. The number of nitrogens with one attached hydrogen (secondary N) is 1. The summed E-state index contributed by atoms with van der Waals surface area (Å²) in [6.45, 7) is 1.42. The number of thiazole rings is 1. The van der Waals surface area contributed by atoms with Gasteiger partial charge in [-0.25, -0.2) is 4.98 Å². The molecule has 0 fully saturated rings. The zero-order valence-corrected chi connectivity index (χ0v) is 13.2. The minimum absolute atomic E-state index is 0.141. The van der Waals surface area contributed by atoms with E-state index in [-0.39, 0.29) is 11.7 Å². The molecule has 7 heteroatoms. The number of Topliss-reactive ketones (excluding diaryl/α,β-unsaturated/α-hetero) is 1. The molecule has 1 N–H and O–H groups in total. The summed E-state index contributed by atoms with van der Waals surface area (Å²) >= 11 is 12.9. The van der Waals surface area contributed by atoms with Crippen LogP contribution in [-0.4, -0.2) is 16.7 Å². The first kappa shape index (κ1) is 15.7. The maximum Gasteiger partial charge on any atom is 0.250 e. The van der Waals surface area contributed by atoms with Crippen molar-refractivity contribution in [3.8, 4) is 0 Å². The van der Waals surface area contributed by atoms with Crippen LogP contribution in [0.1, 0.15) is 23.0 Å². The van der Waals surface area contributed by atoms with Crippen LogP contribution in [0.3, 0.4) is 0 Å². The van der Waals surface area contributed by atoms with Gasteiger partial charge in [0.1, 0.15) is 5.69 Å². The van der Waals surface area contributed by atoms with Gasteiger partial charge in [-0.2, -0.15) is 0 Å². The fourth-order valence-electron chi connectivity index (χ4n) is 1.43. The molecule has 0 radical (unpaired) electrons. The van der Waals surface area contributed by atoms with Crippen LogP contribution in [-0.2, 0) is 4.79 Å². The maximum atomic E-state index is 11.7. The quantitative estimate of drug-likeness (QED) is 0.666. The lowest BCUT2D eigenvalue weighted by molar-refractivity contribution is -0.111. The molecule has 0 aliphatic heterocycles. The Bertz CT molecular complexity index is 726. The largest absolute Gasteiger partial charge is 0.298 e. The molecule has 0 saturated carbocycles. The van der Waals surface area contributed by atoms with Crippen LogP contribution < -0.4 is 5.32 Å². The summed E-state index contributed by atoms with van der Waals surface area (Å²) in [6, 6.07) is 5.06. The van der Waals surface area contributed by atoms with Crippen molar-refractivity contribution in [3.05, 3.63) is 51.0 Å². The molecular formula is C14H10Cl2N2O2S. The number of rotatable bonds is 4. The fraction of sp³-hybridized carbons (Fsp3) is 0.0714. The van der Waals surface area contributed by atoms with Gasteiger partial charge in [-0.1, -0.05) is 29.3 Å². The molecule has 1 aromatic heterocycles. The van der Waals surface area contributed by atoms with Crippen molar-refractivity contribution in [2.45, 2.75) is 6.92 Å². The lowest BCUT2D eigenvalue weighted by Gasteiger charge is -1.98. The average Bonchev–Trinajstić information content (AvgIpc) is 2.89. The number of carbonyl (C=O) groups excluding carboxylic acids is 2. The van der Waals surface area contributed by atoms with Crippen molar-refractivity contribution in [2.24, 2.45) is 0 Å². The molecular weight excluding hydrogens is 331 g/mol. The number of nitrogens with zero attached hydrogens (tertiary/aromatic N) is 1. The minimum Gasteiger partial charge on any atom is -0.298 e. The first-order valence-corrected chi connectivity index (χ1v) is 7.50. The van der Waals surface area contributed by atoms with E-state index < -0.39 is 0 Å². The second-order valence-electron chi connectivity index (χ2n) is 4.09. The second-order valence-corrected chi connectivity index (χ2v) is 5.76.